The summed E-state index contributed by atoms with van der Waals surface area (Å²) >= 11 is 0. The molecule has 112 valence electrons. The predicted octanol–water partition coefficient (Wildman–Crippen LogP) is 3.34. The Hall–Kier alpha value is -1.84. The quantitative estimate of drug-likeness (QED) is 0.310. The maximum Gasteiger partial charge on any atom is 0.333 e. The first kappa shape index (κ1) is 18.2. The third-order valence-corrected chi connectivity index (χ3v) is 2.67. The van der Waals surface area contributed by atoms with E-state index in [-0.39, 0.29) is 17.5 Å². The molecule has 0 aromatic carbocycles. The summed E-state index contributed by atoms with van der Waals surface area (Å²) in [6, 6.07) is 0. The summed E-state index contributed by atoms with van der Waals surface area (Å²) in [6.45, 7) is 14.6. The zero-order valence-electron chi connectivity index (χ0n) is 12.4. The lowest BCUT2D eigenvalue weighted by Gasteiger charge is -2.10. The van der Waals surface area contributed by atoms with E-state index >= 15 is 0 Å². The molecule has 1 aliphatic carbocycles. The van der Waals surface area contributed by atoms with Crippen LogP contribution in [0.3, 0.4) is 0 Å². The van der Waals surface area contributed by atoms with Crippen molar-refractivity contribution in [2.75, 3.05) is 6.61 Å². The van der Waals surface area contributed by atoms with E-state index in [0.717, 1.165) is 25.7 Å². The van der Waals surface area contributed by atoms with Crippen LogP contribution in [0.25, 0.3) is 0 Å². The van der Waals surface area contributed by atoms with Gasteiger partial charge in [0.05, 0.1) is 6.61 Å². The van der Waals surface area contributed by atoms with Gasteiger partial charge in [-0.1, -0.05) is 33.1 Å². The molecule has 0 aromatic heterocycles. The van der Waals surface area contributed by atoms with E-state index in [1.807, 2.05) is 6.92 Å². The summed E-state index contributed by atoms with van der Waals surface area (Å²) in [5.74, 6) is -0.647. The molecule has 0 amide bonds. The standard InChI is InChI=1S/C9H12O2.C7H12O2/c1-4-9(5-6-9)11-8(10)7(2)3;1-3-5-6-9-7(8)4-2/h4H,1-2,5-6H2,3H3;4H,2-3,5-6H2,1H3. The van der Waals surface area contributed by atoms with Gasteiger partial charge in [0.25, 0.3) is 0 Å². The Morgan fingerprint density at radius 2 is 1.90 bits per heavy atom. The maximum absolute atomic E-state index is 11.0. The SMILES string of the molecule is C=CC(=O)OCCCC.C=CC1(OC(=O)C(=C)C)CC1. The Morgan fingerprint density at radius 1 is 1.30 bits per heavy atom. The molecule has 0 atom stereocenters. The Kier molecular flexibility index (Phi) is 8.29. The van der Waals surface area contributed by atoms with Crippen LogP contribution in [0.2, 0.25) is 0 Å². The van der Waals surface area contributed by atoms with E-state index in [1.165, 1.54) is 6.08 Å². The van der Waals surface area contributed by atoms with Gasteiger partial charge in [0, 0.05) is 11.6 Å². The number of esters is 2. The van der Waals surface area contributed by atoms with Gasteiger partial charge in [-0.05, 0) is 32.3 Å². The van der Waals surface area contributed by atoms with Crippen molar-refractivity contribution in [1.82, 2.24) is 0 Å². The van der Waals surface area contributed by atoms with Crippen molar-refractivity contribution in [1.29, 1.82) is 0 Å². The average Bonchev–Trinajstić information content (AvgIpc) is 3.19. The first-order valence-electron chi connectivity index (χ1n) is 6.72. The lowest BCUT2D eigenvalue weighted by atomic mass is 10.3. The zero-order valence-corrected chi connectivity index (χ0v) is 12.4. The fourth-order valence-electron chi connectivity index (χ4n) is 1.12. The second kappa shape index (κ2) is 9.13. The minimum atomic E-state index is -0.351. The lowest BCUT2D eigenvalue weighted by molar-refractivity contribution is -0.143. The summed E-state index contributed by atoms with van der Waals surface area (Å²) < 4.78 is 9.78. The van der Waals surface area contributed by atoms with Gasteiger partial charge in [-0.2, -0.15) is 0 Å². The Labute approximate surface area is 121 Å². The Morgan fingerprint density at radius 3 is 2.25 bits per heavy atom. The van der Waals surface area contributed by atoms with Crippen molar-refractivity contribution >= 4 is 11.9 Å². The summed E-state index contributed by atoms with van der Waals surface area (Å²) in [4.78, 5) is 21.3. The van der Waals surface area contributed by atoms with Gasteiger partial charge in [0.2, 0.25) is 0 Å². The molecule has 1 rings (SSSR count). The molecule has 20 heavy (non-hydrogen) atoms. The molecule has 0 aliphatic heterocycles. The molecule has 0 heterocycles. The molecule has 0 spiro atoms. The molecular formula is C16H24O4. The molecule has 0 bridgehead atoms. The van der Waals surface area contributed by atoms with E-state index in [2.05, 4.69) is 24.5 Å². The van der Waals surface area contributed by atoms with Crippen molar-refractivity contribution < 1.29 is 19.1 Å². The summed E-state index contributed by atoms with van der Waals surface area (Å²) in [7, 11) is 0. The monoisotopic (exact) mass is 280 g/mol. The molecule has 1 aliphatic rings. The van der Waals surface area contributed by atoms with E-state index in [1.54, 1.807) is 13.0 Å². The minimum Gasteiger partial charge on any atom is -0.463 e. The Bertz CT molecular complexity index is 378. The van der Waals surface area contributed by atoms with Crippen LogP contribution in [0, 0.1) is 0 Å². The molecule has 0 N–H and O–H groups in total. The van der Waals surface area contributed by atoms with Gasteiger partial charge in [-0.3, -0.25) is 0 Å². The second-order valence-electron chi connectivity index (χ2n) is 4.66. The topological polar surface area (TPSA) is 52.6 Å². The molecular weight excluding hydrogens is 256 g/mol. The van der Waals surface area contributed by atoms with E-state index in [0.29, 0.717) is 12.2 Å². The third-order valence-electron chi connectivity index (χ3n) is 2.67. The third kappa shape index (κ3) is 7.56. The Balaban J connectivity index is 0.000000370. The summed E-state index contributed by atoms with van der Waals surface area (Å²) in [5.41, 5.74) is 0.0916. The van der Waals surface area contributed by atoms with E-state index < -0.39 is 0 Å². The molecule has 4 heteroatoms. The number of ether oxygens (including phenoxy) is 2. The van der Waals surface area contributed by atoms with Crippen LogP contribution in [0.15, 0.2) is 37.5 Å². The van der Waals surface area contributed by atoms with Crippen LogP contribution in [-0.4, -0.2) is 24.1 Å². The van der Waals surface area contributed by atoms with Crippen molar-refractivity contribution in [2.24, 2.45) is 0 Å². The summed E-state index contributed by atoms with van der Waals surface area (Å²) in [5, 5.41) is 0. The van der Waals surface area contributed by atoms with Crippen molar-refractivity contribution in [3.63, 3.8) is 0 Å². The van der Waals surface area contributed by atoms with Crippen LogP contribution in [0.4, 0.5) is 0 Å². The van der Waals surface area contributed by atoms with Gasteiger partial charge in [-0.25, -0.2) is 9.59 Å². The molecule has 1 fully saturated rings. The molecule has 4 nitrogen and oxygen atoms in total. The van der Waals surface area contributed by atoms with Crippen molar-refractivity contribution in [2.45, 2.75) is 45.1 Å². The van der Waals surface area contributed by atoms with E-state index in [9.17, 15) is 9.59 Å². The van der Waals surface area contributed by atoms with Crippen LogP contribution in [0.1, 0.15) is 39.5 Å². The number of rotatable bonds is 7. The van der Waals surface area contributed by atoms with E-state index in [4.69, 9.17) is 4.74 Å². The van der Waals surface area contributed by atoms with Crippen LogP contribution in [0.5, 0.6) is 0 Å². The van der Waals surface area contributed by atoms with Gasteiger partial charge in [0.15, 0.2) is 0 Å². The largest absolute Gasteiger partial charge is 0.463 e. The fraction of sp³-hybridized carbons (Fsp3) is 0.500. The second-order valence-corrected chi connectivity index (χ2v) is 4.66. The molecule has 1 saturated carbocycles. The van der Waals surface area contributed by atoms with Gasteiger partial charge < -0.3 is 9.47 Å². The van der Waals surface area contributed by atoms with Crippen molar-refractivity contribution in [3.05, 3.63) is 37.5 Å². The molecule has 0 radical (unpaired) electrons. The normalized spacial score (nSPS) is 14.1. The minimum absolute atomic E-state index is 0.317. The number of carbonyl (C=O) groups is 2. The molecule has 0 saturated heterocycles. The molecule has 0 unspecified atom stereocenters. The van der Waals surface area contributed by atoms with Gasteiger partial charge >= 0.3 is 11.9 Å². The zero-order chi connectivity index (χ0) is 15.6. The average molecular weight is 280 g/mol. The van der Waals surface area contributed by atoms with Crippen LogP contribution >= 0.6 is 0 Å². The van der Waals surface area contributed by atoms with Crippen molar-refractivity contribution in [3.8, 4) is 0 Å². The highest BCUT2D eigenvalue weighted by atomic mass is 16.6. The molecule has 0 aromatic rings. The number of carbonyl (C=O) groups excluding carboxylic acids is 2. The van der Waals surface area contributed by atoms with Crippen LogP contribution < -0.4 is 0 Å². The first-order valence-corrected chi connectivity index (χ1v) is 6.72. The first-order chi connectivity index (χ1) is 9.40. The van der Waals surface area contributed by atoms with Gasteiger partial charge in [0.1, 0.15) is 5.60 Å². The highest BCUT2D eigenvalue weighted by Crippen LogP contribution is 2.40. The van der Waals surface area contributed by atoms with Gasteiger partial charge in [-0.15, -0.1) is 0 Å². The summed E-state index contributed by atoms with van der Waals surface area (Å²) in [6.07, 6.45) is 6.64. The van der Waals surface area contributed by atoms with Crippen LogP contribution in [-0.2, 0) is 19.1 Å². The predicted molar refractivity (Wildman–Crippen MR) is 79.1 cm³/mol. The smallest absolute Gasteiger partial charge is 0.333 e. The number of hydrogen-bond donors (Lipinski definition) is 0. The number of hydrogen-bond acceptors (Lipinski definition) is 4. The maximum atomic E-state index is 11.0. The fourth-order valence-corrected chi connectivity index (χ4v) is 1.12. The highest BCUT2D eigenvalue weighted by molar-refractivity contribution is 5.87. The number of unbranched alkanes of at least 4 members (excludes halogenated alkanes) is 1. The highest BCUT2D eigenvalue weighted by Gasteiger charge is 2.43. The lowest BCUT2D eigenvalue weighted by Crippen LogP contribution is -2.16.